The summed E-state index contributed by atoms with van der Waals surface area (Å²) in [6.45, 7) is 4.80. The number of carbonyl (C=O) groups is 2. The van der Waals surface area contributed by atoms with E-state index >= 15 is 8.78 Å². The number of rotatable bonds is 3. The number of likely N-dealkylation sites (tertiary alicyclic amines) is 1. The van der Waals surface area contributed by atoms with Crippen molar-refractivity contribution in [1.29, 1.82) is 0 Å². The average Bonchev–Trinajstić information content (AvgIpc) is 3.30. The Hall–Kier alpha value is -2.09. The molecule has 1 aromatic carbocycles. The van der Waals surface area contributed by atoms with Crippen LogP contribution in [0.4, 0.5) is 8.78 Å². The molecule has 198 valence electrons. The molecule has 1 heterocycles. The van der Waals surface area contributed by atoms with Crippen molar-refractivity contribution in [2.24, 2.45) is 34.0 Å². The number of hydrogen-bond acceptors (Lipinski definition) is 4. The molecule has 0 spiro atoms. The lowest BCUT2D eigenvalue weighted by atomic mass is 9.43. The number of carboxylic acids is 1. The number of aliphatic carboxylic acids is 1. The molecule has 0 bridgehead atoms. The zero-order valence-corrected chi connectivity index (χ0v) is 21.7. The summed E-state index contributed by atoms with van der Waals surface area (Å²) in [5.41, 5.74) is -4.68. The fourth-order valence-corrected chi connectivity index (χ4v) is 9.46. The molecule has 3 saturated carbocycles. The Bertz CT molecular complexity index is 1250. The molecule has 5 nitrogen and oxygen atoms in total. The summed E-state index contributed by atoms with van der Waals surface area (Å²) in [6.07, 6.45) is 1.12. The van der Waals surface area contributed by atoms with E-state index in [2.05, 4.69) is 4.90 Å². The number of fused-ring (bicyclic) bond motifs is 7. The van der Waals surface area contributed by atoms with E-state index in [0.29, 0.717) is 24.5 Å². The second-order valence-electron chi connectivity index (χ2n) is 12.4. The van der Waals surface area contributed by atoms with E-state index in [4.69, 9.17) is 11.6 Å². The number of carboxylic acid groups (broad SMARTS) is 1. The first-order valence-corrected chi connectivity index (χ1v) is 13.4. The maximum Gasteiger partial charge on any atom is 0.311 e. The van der Waals surface area contributed by atoms with Gasteiger partial charge in [-0.25, -0.2) is 8.78 Å². The fourth-order valence-electron chi connectivity index (χ4n) is 9.24. The molecule has 0 aromatic heterocycles. The summed E-state index contributed by atoms with van der Waals surface area (Å²) in [5, 5.41) is 22.8. The Morgan fingerprint density at radius 1 is 1.24 bits per heavy atom. The van der Waals surface area contributed by atoms with Gasteiger partial charge in [0.25, 0.3) is 0 Å². The summed E-state index contributed by atoms with van der Waals surface area (Å²) < 4.78 is 33.0. The summed E-state index contributed by atoms with van der Waals surface area (Å²) in [6, 6.07) is 7.48. The molecule has 37 heavy (non-hydrogen) atoms. The van der Waals surface area contributed by atoms with Gasteiger partial charge in [0.2, 0.25) is 0 Å². The van der Waals surface area contributed by atoms with Crippen LogP contribution in [0.1, 0.15) is 38.7 Å². The molecular formula is C29H32ClF2NO4. The van der Waals surface area contributed by atoms with E-state index in [0.717, 1.165) is 5.56 Å². The van der Waals surface area contributed by atoms with E-state index in [-0.39, 0.29) is 36.7 Å². The van der Waals surface area contributed by atoms with Crippen molar-refractivity contribution < 1.29 is 28.6 Å². The molecule has 8 heteroatoms. The first kappa shape index (κ1) is 25.2. The third kappa shape index (κ3) is 3.08. The smallest absolute Gasteiger partial charge is 0.311 e. The minimum atomic E-state index is -2.19. The summed E-state index contributed by atoms with van der Waals surface area (Å²) >= 11 is 6.16. The van der Waals surface area contributed by atoms with Crippen LogP contribution in [0.2, 0.25) is 5.02 Å². The largest absolute Gasteiger partial charge is 0.481 e. The monoisotopic (exact) mass is 531 g/mol. The highest BCUT2D eigenvalue weighted by Crippen LogP contribution is 2.74. The molecular weight excluding hydrogens is 500 g/mol. The molecule has 4 aliphatic carbocycles. The number of hydrogen-bond donors (Lipinski definition) is 2. The highest BCUT2D eigenvalue weighted by atomic mass is 35.5. The molecule has 0 amide bonds. The Labute approximate surface area is 220 Å². The second kappa shape index (κ2) is 7.96. The van der Waals surface area contributed by atoms with Gasteiger partial charge in [0.1, 0.15) is 6.17 Å². The van der Waals surface area contributed by atoms with Crippen LogP contribution in [0.3, 0.4) is 0 Å². The highest BCUT2D eigenvalue weighted by molar-refractivity contribution is 6.30. The minimum Gasteiger partial charge on any atom is -0.481 e. The van der Waals surface area contributed by atoms with Gasteiger partial charge in [-0.1, -0.05) is 36.7 Å². The number of carbonyl (C=O) groups excluding carboxylic acids is 1. The quantitative estimate of drug-likeness (QED) is 0.587. The van der Waals surface area contributed by atoms with E-state index in [9.17, 15) is 19.8 Å². The van der Waals surface area contributed by atoms with Crippen molar-refractivity contribution in [3.05, 3.63) is 58.7 Å². The standard InChI is InChI=1S/C29H32ClF2NO4/c1-26-7-6-19(34)10-22(26)23(31)11-21-20-9-17-14-33(13-16-4-3-5-18(30)8-16)15-28(17,25(36)37)27(20,2)12-24(35)29(21,26)32/h3-8,10,17,20-21,23-24,35H,9,11-15H2,1-2H3,(H,36,37)/t17-,20-,21-,23-,24-,26-,27-,28+,29-/m0/s1. The van der Waals surface area contributed by atoms with E-state index < -0.39 is 52.0 Å². The highest BCUT2D eigenvalue weighted by Gasteiger charge is 2.78. The molecule has 1 saturated heterocycles. The summed E-state index contributed by atoms with van der Waals surface area (Å²) in [4.78, 5) is 27.2. The number of allylic oxidation sites excluding steroid dienone is 4. The lowest BCUT2D eigenvalue weighted by Gasteiger charge is -2.63. The van der Waals surface area contributed by atoms with Crippen LogP contribution in [0, 0.1) is 34.0 Å². The van der Waals surface area contributed by atoms with Gasteiger partial charge >= 0.3 is 5.97 Å². The zero-order valence-electron chi connectivity index (χ0n) is 21.0. The number of aliphatic hydroxyl groups is 1. The van der Waals surface area contributed by atoms with Crippen molar-refractivity contribution in [2.45, 2.75) is 57.6 Å². The van der Waals surface area contributed by atoms with Crippen molar-refractivity contribution in [2.75, 3.05) is 13.1 Å². The number of aliphatic hydroxyl groups excluding tert-OH is 1. The lowest BCUT2D eigenvalue weighted by molar-refractivity contribution is -0.215. The average molecular weight is 532 g/mol. The molecule has 0 radical (unpaired) electrons. The summed E-state index contributed by atoms with van der Waals surface area (Å²) in [7, 11) is 0. The van der Waals surface area contributed by atoms with Gasteiger partial charge in [-0.15, -0.1) is 0 Å². The molecule has 0 unspecified atom stereocenters. The van der Waals surface area contributed by atoms with E-state index in [1.165, 1.54) is 18.2 Å². The Morgan fingerprint density at radius 3 is 2.70 bits per heavy atom. The van der Waals surface area contributed by atoms with Crippen LogP contribution in [0.15, 0.2) is 48.1 Å². The maximum absolute atomic E-state index is 17.4. The second-order valence-corrected chi connectivity index (χ2v) is 12.8. The maximum atomic E-state index is 17.4. The Morgan fingerprint density at radius 2 is 2.00 bits per heavy atom. The van der Waals surface area contributed by atoms with Gasteiger partial charge in [0, 0.05) is 36.0 Å². The molecule has 1 aromatic rings. The molecule has 4 fully saturated rings. The van der Waals surface area contributed by atoms with Gasteiger partial charge in [0.15, 0.2) is 11.5 Å². The van der Waals surface area contributed by atoms with Crippen LogP contribution < -0.4 is 0 Å². The van der Waals surface area contributed by atoms with Crippen LogP contribution in [0.5, 0.6) is 0 Å². The molecule has 6 rings (SSSR count). The number of benzene rings is 1. The predicted octanol–water partition coefficient (Wildman–Crippen LogP) is 4.77. The van der Waals surface area contributed by atoms with Gasteiger partial charge in [0.05, 0.1) is 11.5 Å². The first-order chi connectivity index (χ1) is 17.4. The van der Waals surface area contributed by atoms with Crippen molar-refractivity contribution in [3.8, 4) is 0 Å². The first-order valence-electron chi connectivity index (χ1n) is 13.0. The van der Waals surface area contributed by atoms with Gasteiger partial charge in [-0.2, -0.15) is 0 Å². The third-order valence-electron chi connectivity index (χ3n) is 10.9. The van der Waals surface area contributed by atoms with Gasteiger partial charge < -0.3 is 10.2 Å². The van der Waals surface area contributed by atoms with Gasteiger partial charge in [-0.05, 0) is 78.9 Å². The number of halogens is 3. The minimum absolute atomic E-state index is 0.0277. The van der Waals surface area contributed by atoms with E-state index in [1.807, 2.05) is 25.1 Å². The molecule has 1 aliphatic heterocycles. The van der Waals surface area contributed by atoms with Crippen molar-refractivity contribution >= 4 is 23.4 Å². The van der Waals surface area contributed by atoms with Crippen LogP contribution in [-0.2, 0) is 16.1 Å². The summed E-state index contributed by atoms with van der Waals surface area (Å²) in [5.74, 6) is -2.83. The number of ketones is 1. The normalized spacial score (nSPS) is 46.6. The third-order valence-corrected chi connectivity index (χ3v) is 11.1. The Balaban J connectivity index is 1.38. The van der Waals surface area contributed by atoms with Crippen LogP contribution >= 0.6 is 11.6 Å². The molecule has 9 atom stereocenters. The van der Waals surface area contributed by atoms with Crippen molar-refractivity contribution in [3.63, 3.8) is 0 Å². The van der Waals surface area contributed by atoms with Crippen LogP contribution in [0.25, 0.3) is 0 Å². The number of alkyl halides is 2. The topological polar surface area (TPSA) is 77.8 Å². The number of nitrogens with zero attached hydrogens (tertiary/aromatic N) is 1. The van der Waals surface area contributed by atoms with Crippen LogP contribution in [-0.4, -0.2) is 57.9 Å². The van der Waals surface area contributed by atoms with Gasteiger partial charge in [-0.3, -0.25) is 14.5 Å². The molecule has 2 N–H and O–H groups in total. The van der Waals surface area contributed by atoms with E-state index in [1.54, 1.807) is 13.0 Å². The molecule has 5 aliphatic rings. The fraction of sp³-hybridized carbons (Fsp3) is 0.586. The zero-order chi connectivity index (χ0) is 26.5. The Kier molecular flexibility index (Phi) is 5.42. The predicted molar refractivity (Wildman–Crippen MR) is 134 cm³/mol. The van der Waals surface area contributed by atoms with Crippen molar-refractivity contribution in [1.82, 2.24) is 4.90 Å². The lowest BCUT2D eigenvalue weighted by Crippen LogP contribution is -2.69. The SMILES string of the molecule is C[C@]12C=CC(=O)C=C1[C@@H](F)C[C@H]1[C@@H]3C[C@H]4CN(Cc5cccc(Cl)c5)C[C@@]4(C(=O)O)[C@@]3(C)C[C@H](O)[C@@]12F.